The summed E-state index contributed by atoms with van der Waals surface area (Å²) < 4.78 is 0. The van der Waals surface area contributed by atoms with Gasteiger partial charge in [-0.2, -0.15) is 0 Å². The smallest absolute Gasteiger partial charge is 0.325 e. The van der Waals surface area contributed by atoms with E-state index in [0.717, 1.165) is 0 Å². The highest BCUT2D eigenvalue weighted by molar-refractivity contribution is 5.92. The number of rotatable bonds is 7. The van der Waals surface area contributed by atoms with Gasteiger partial charge in [-0.05, 0) is 26.0 Å². The number of benzene rings is 1. The number of hydrogen-bond donors (Lipinski definition) is 1. The molecule has 0 aliphatic carbocycles. The van der Waals surface area contributed by atoms with E-state index in [2.05, 4.69) is 6.58 Å². The Morgan fingerprint density at radius 3 is 2.38 bits per heavy atom. The minimum absolute atomic E-state index is 0.00606. The maximum atomic E-state index is 12.7. The quantitative estimate of drug-likeness (QED) is 0.785. The van der Waals surface area contributed by atoms with Crippen molar-refractivity contribution in [3.05, 3.63) is 43.0 Å². The molecule has 0 fully saturated rings. The molecule has 0 aliphatic heterocycles. The van der Waals surface area contributed by atoms with E-state index in [1.54, 1.807) is 23.1 Å². The number of carboxylic acids is 1. The molecular formula is C16H22N2O3. The van der Waals surface area contributed by atoms with Crippen LogP contribution in [0, 0.1) is 0 Å². The number of anilines is 1. The van der Waals surface area contributed by atoms with Gasteiger partial charge in [0.25, 0.3) is 0 Å². The van der Waals surface area contributed by atoms with Gasteiger partial charge in [-0.3, -0.25) is 9.69 Å². The summed E-state index contributed by atoms with van der Waals surface area (Å²) >= 11 is 0. The van der Waals surface area contributed by atoms with Crippen LogP contribution in [0.4, 0.5) is 10.5 Å². The van der Waals surface area contributed by atoms with E-state index in [-0.39, 0.29) is 25.0 Å². The Kier molecular flexibility index (Phi) is 6.46. The summed E-state index contributed by atoms with van der Waals surface area (Å²) in [4.78, 5) is 26.7. The lowest BCUT2D eigenvalue weighted by molar-refractivity contribution is -0.136. The number of hydrogen-bond acceptors (Lipinski definition) is 2. The van der Waals surface area contributed by atoms with Crippen LogP contribution < -0.4 is 4.90 Å². The Balaban J connectivity index is 3.01. The molecule has 0 radical (unpaired) electrons. The number of para-hydroxylation sites is 1. The summed E-state index contributed by atoms with van der Waals surface area (Å²) in [5.74, 6) is -0.927. The lowest BCUT2D eigenvalue weighted by Crippen LogP contribution is -2.47. The molecule has 0 atom stereocenters. The summed E-state index contributed by atoms with van der Waals surface area (Å²) in [6, 6.07) is 8.89. The van der Waals surface area contributed by atoms with Crippen molar-refractivity contribution in [2.75, 3.05) is 18.0 Å². The normalized spacial score (nSPS) is 10.2. The molecule has 5 heteroatoms. The standard InChI is InChI=1S/C16H22N2O3/c1-4-11-17(13(2)3)16(21)18(12-10-15(19)20)14-8-6-5-7-9-14/h4-9,13H,1,10-12H2,2-3H3,(H,19,20). The second kappa shape index (κ2) is 8.09. The lowest BCUT2D eigenvalue weighted by atomic mass is 10.2. The molecule has 0 aliphatic rings. The van der Waals surface area contributed by atoms with E-state index >= 15 is 0 Å². The predicted octanol–water partition coefficient (Wildman–Crippen LogP) is 2.98. The van der Waals surface area contributed by atoms with Gasteiger partial charge in [0.1, 0.15) is 0 Å². The van der Waals surface area contributed by atoms with Gasteiger partial charge in [0.15, 0.2) is 0 Å². The van der Waals surface area contributed by atoms with Crippen molar-refractivity contribution in [2.24, 2.45) is 0 Å². The van der Waals surface area contributed by atoms with Gasteiger partial charge < -0.3 is 10.0 Å². The largest absolute Gasteiger partial charge is 0.481 e. The molecule has 0 saturated carbocycles. The molecule has 5 nitrogen and oxygen atoms in total. The van der Waals surface area contributed by atoms with Gasteiger partial charge in [0, 0.05) is 24.8 Å². The van der Waals surface area contributed by atoms with Gasteiger partial charge >= 0.3 is 12.0 Å². The summed E-state index contributed by atoms with van der Waals surface area (Å²) in [5, 5.41) is 8.87. The molecule has 1 aromatic rings. The molecule has 1 N–H and O–H groups in total. The summed E-state index contributed by atoms with van der Waals surface area (Å²) in [6.07, 6.45) is 1.57. The maximum absolute atomic E-state index is 12.7. The number of urea groups is 1. The van der Waals surface area contributed by atoms with Crippen molar-refractivity contribution in [2.45, 2.75) is 26.3 Å². The topological polar surface area (TPSA) is 60.9 Å². The monoisotopic (exact) mass is 290 g/mol. The van der Waals surface area contributed by atoms with Crippen LogP contribution in [0.3, 0.4) is 0 Å². The van der Waals surface area contributed by atoms with E-state index in [4.69, 9.17) is 5.11 Å². The molecule has 0 saturated heterocycles. The minimum atomic E-state index is -0.927. The average molecular weight is 290 g/mol. The zero-order valence-electron chi connectivity index (χ0n) is 12.5. The van der Waals surface area contributed by atoms with Gasteiger partial charge in [-0.1, -0.05) is 24.3 Å². The molecule has 0 spiro atoms. The number of carboxylic acid groups (broad SMARTS) is 1. The number of nitrogens with zero attached hydrogens (tertiary/aromatic N) is 2. The average Bonchev–Trinajstić information content (AvgIpc) is 2.45. The highest BCUT2D eigenvalue weighted by Gasteiger charge is 2.24. The fourth-order valence-corrected chi connectivity index (χ4v) is 1.95. The zero-order valence-corrected chi connectivity index (χ0v) is 12.5. The highest BCUT2D eigenvalue weighted by Crippen LogP contribution is 2.17. The molecule has 0 heterocycles. The first-order chi connectivity index (χ1) is 9.97. The van der Waals surface area contributed by atoms with Gasteiger partial charge in [0.05, 0.1) is 6.42 Å². The van der Waals surface area contributed by atoms with Crippen molar-refractivity contribution in [3.63, 3.8) is 0 Å². The van der Waals surface area contributed by atoms with Gasteiger partial charge in [-0.15, -0.1) is 6.58 Å². The van der Waals surface area contributed by atoms with Crippen molar-refractivity contribution < 1.29 is 14.7 Å². The molecule has 0 bridgehead atoms. The second-order valence-corrected chi connectivity index (χ2v) is 4.95. The van der Waals surface area contributed by atoms with Crippen LogP contribution in [-0.4, -0.2) is 41.1 Å². The molecule has 114 valence electrons. The van der Waals surface area contributed by atoms with Crippen LogP contribution in [0.1, 0.15) is 20.3 Å². The fraction of sp³-hybridized carbons (Fsp3) is 0.375. The lowest BCUT2D eigenvalue weighted by Gasteiger charge is -2.32. The molecule has 1 rings (SSSR count). The Morgan fingerprint density at radius 1 is 1.29 bits per heavy atom. The first-order valence-corrected chi connectivity index (χ1v) is 6.93. The number of aliphatic carboxylic acids is 1. The third kappa shape index (κ3) is 4.95. The van der Waals surface area contributed by atoms with Crippen LogP contribution in [0.5, 0.6) is 0 Å². The Morgan fingerprint density at radius 2 is 1.90 bits per heavy atom. The molecule has 2 amide bonds. The minimum Gasteiger partial charge on any atom is -0.481 e. The van der Waals surface area contributed by atoms with E-state index < -0.39 is 5.97 Å². The predicted molar refractivity (Wildman–Crippen MR) is 83.5 cm³/mol. The number of carbonyl (C=O) groups is 2. The summed E-state index contributed by atoms with van der Waals surface area (Å²) in [5.41, 5.74) is 0.693. The number of amides is 2. The van der Waals surface area contributed by atoms with E-state index in [1.807, 2.05) is 32.0 Å². The van der Waals surface area contributed by atoms with Crippen molar-refractivity contribution in [3.8, 4) is 0 Å². The van der Waals surface area contributed by atoms with Crippen molar-refractivity contribution in [1.29, 1.82) is 0 Å². The molecule has 0 aromatic heterocycles. The van der Waals surface area contributed by atoms with Crippen LogP contribution in [0.15, 0.2) is 43.0 Å². The third-order valence-corrected chi connectivity index (χ3v) is 3.04. The van der Waals surface area contributed by atoms with E-state index in [9.17, 15) is 9.59 Å². The number of carbonyl (C=O) groups excluding carboxylic acids is 1. The Labute approximate surface area is 125 Å². The molecular weight excluding hydrogens is 268 g/mol. The fourth-order valence-electron chi connectivity index (χ4n) is 1.95. The third-order valence-electron chi connectivity index (χ3n) is 3.04. The van der Waals surface area contributed by atoms with Crippen LogP contribution >= 0.6 is 0 Å². The van der Waals surface area contributed by atoms with E-state index in [0.29, 0.717) is 12.2 Å². The Hall–Kier alpha value is -2.30. The molecule has 1 aromatic carbocycles. The SMILES string of the molecule is C=CCN(C(=O)N(CCC(=O)O)c1ccccc1)C(C)C. The maximum Gasteiger partial charge on any atom is 0.325 e. The summed E-state index contributed by atoms with van der Waals surface area (Å²) in [6.45, 7) is 8.06. The zero-order chi connectivity index (χ0) is 15.8. The second-order valence-electron chi connectivity index (χ2n) is 4.95. The van der Waals surface area contributed by atoms with E-state index in [1.165, 1.54) is 4.90 Å². The summed E-state index contributed by atoms with van der Waals surface area (Å²) in [7, 11) is 0. The highest BCUT2D eigenvalue weighted by atomic mass is 16.4. The van der Waals surface area contributed by atoms with Gasteiger partial charge in [0.2, 0.25) is 0 Å². The van der Waals surface area contributed by atoms with Crippen LogP contribution in [0.2, 0.25) is 0 Å². The van der Waals surface area contributed by atoms with Gasteiger partial charge in [-0.25, -0.2) is 4.79 Å². The first-order valence-electron chi connectivity index (χ1n) is 6.93. The molecule has 0 unspecified atom stereocenters. The molecule has 21 heavy (non-hydrogen) atoms. The Bertz CT molecular complexity index is 486. The van der Waals surface area contributed by atoms with Crippen molar-refractivity contribution >= 4 is 17.7 Å². The first kappa shape index (κ1) is 16.8. The van der Waals surface area contributed by atoms with Crippen LogP contribution in [0.25, 0.3) is 0 Å². The van der Waals surface area contributed by atoms with Crippen molar-refractivity contribution in [1.82, 2.24) is 4.90 Å². The van der Waals surface area contributed by atoms with Crippen LogP contribution in [-0.2, 0) is 4.79 Å².